The Kier molecular flexibility index (Phi) is 5.97. The summed E-state index contributed by atoms with van der Waals surface area (Å²) >= 11 is 0. The van der Waals surface area contributed by atoms with Crippen LogP contribution in [0.5, 0.6) is 5.75 Å². The zero-order chi connectivity index (χ0) is 21.8. The molecule has 2 aliphatic rings. The van der Waals surface area contributed by atoms with Crippen LogP contribution in [0.4, 0.5) is 10.5 Å². The highest BCUT2D eigenvalue weighted by molar-refractivity contribution is 6.45. The van der Waals surface area contributed by atoms with Crippen LogP contribution in [0, 0.1) is 0 Å². The maximum absolute atomic E-state index is 12.5. The fourth-order valence-electron chi connectivity index (χ4n) is 3.87. The molecule has 1 saturated carbocycles. The maximum Gasteiger partial charge on any atom is 0.334 e. The second kappa shape index (κ2) is 8.99. The number of hydrogen-bond donors (Lipinski definition) is 1. The molecule has 8 heteroatoms. The Morgan fingerprint density at radius 1 is 0.935 bits per heavy atom. The van der Waals surface area contributed by atoms with Crippen molar-refractivity contribution in [3.05, 3.63) is 60.2 Å². The van der Waals surface area contributed by atoms with Gasteiger partial charge >= 0.3 is 17.8 Å². The molecule has 0 spiro atoms. The van der Waals surface area contributed by atoms with E-state index in [1.54, 1.807) is 24.3 Å². The van der Waals surface area contributed by atoms with Crippen LogP contribution in [-0.4, -0.2) is 46.1 Å². The highest BCUT2D eigenvalue weighted by Crippen LogP contribution is 2.27. The Balaban J connectivity index is 1.31. The van der Waals surface area contributed by atoms with Crippen LogP contribution in [0.15, 0.2) is 54.6 Å². The second-order valence-electron chi connectivity index (χ2n) is 7.63. The van der Waals surface area contributed by atoms with Crippen LogP contribution in [-0.2, 0) is 21.0 Å². The van der Waals surface area contributed by atoms with Crippen LogP contribution < -0.4 is 10.1 Å². The summed E-state index contributed by atoms with van der Waals surface area (Å²) in [5.74, 6) is -1.70. The lowest BCUT2D eigenvalue weighted by molar-refractivity contribution is -0.144. The minimum Gasteiger partial charge on any atom is -0.489 e. The van der Waals surface area contributed by atoms with Gasteiger partial charge in [0.1, 0.15) is 18.9 Å². The predicted octanol–water partition coefficient (Wildman–Crippen LogP) is 2.94. The van der Waals surface area contributed by atoms with Gasteiger partial charge in [-0.3, -0.25) is 19.3 Å². The molecule has 0 aromatic heterocycles. The molecule has 2 fully saturated rings. The van der Waals surface area contributed by atoms with E-state index in [0.717, 1.165) is 23.3 Å². The van der Waals surface area contributed by atoms with E-state index in [4.69, 9.17) is 4.74 Å². The summed E-state index contributed by atoms with van der Waals surface area (Å²) in [5.41, 5.74) is 1.54. The van der Waals surface area contributed by atoms with Crippen LogP contribution in [0.2, 0.25) is 0 Å². The first-order chi connectivity index (χ1) is 15.0. The molecule has 1 N–H and O–H groups in total. The second-order valence-corrected chi connectivity index (χ2v) is 7.63. The zero-order valence-corrected chi connectivity index (χ0v) is 17.0. The number of rotatable bonds is 7. The van der Waals surface area contributed by atoms with E-state index < -0.39 is 30.3 Å². The summed E-state index contributed by atoms with van der Waals surface area (Å²) in [5, 5.41) is 2.64. The van der Waals surface area contributed by atoms with E-state index in [1.807, 2.05) is 30.3 Å². The fourth-order valence-corrected chi connectivity index (χ4v) is 3.87. The number of carbonyl (C=O) groups excluding carboxylic acids is 4. The number of nitrogens with zero attached hydrogens (tertiary/aromatic N) is 2. The number of urea groups is 1. The van der Waals surface area contributed by atoms with E-state index in [0.29, 0.717) is 35.8 Å². The number of hydrogen-bond acceptors (Lipinski definition) is 5. The Bertz CT molecular complexity index is 984. The Hall–Kier alpha value is -3.68. The minimum absolute atomic E-state index is 0.250. The van der Waals surface area contributed by atoms with Gasteiger partial charge in [-0.15, -0.1) is 0 Å². The van der Waals surface area contributed by atoms with E-state index in [2.05, 4.69) is 5.32 Å². The van der Waals surface area contributed by atoms with Crippen molar-refractivity contribution in [3.8, 4) is 5.75 Å². The lowest BCUT2D eigenvalue weighted by atomic mass is 10.2. The van der Waals surface area contributed by atoms with Gasteiger partial charge in [0.15, 0.2) is 0 Å². The van der Waals surface area contributed by atoms with Crippen molar-refractivity contribution in [2.45, 2.75) is 38.3 Å². The van der Waals surface area contributed by atoms with Crippen molar-refractivity contribution in [2.75, 3.05) is 11.9 Å². The molecule has 0 bridgehead atoms. The van der Waals surface area contributed by atoms with Gasteiger partial charge in [0, 0.05) is 11.7 Å². The number of ether oxygens (including phenoxy) is 1. The molecule has 4 rings (SSSR count). The van der Waals surface area contributed by atoms with Crippen molar-refractivity contribution in [1.82, 2.24) is 9.80 Å². The molecule has 1 aliphatic heterocycles. The topological polar surface area (TPSA) is 96.0 Å². The summed E-state index contributed by atoms with van der Waals surface area (Å²) in [6.45, 7) is -0.0733. The molecule has 2 aromatic carbocycles. The number of carbonyl (C=O) groups is 4. The number of nitrogens with one attached hydrogen (secondary N) is 1. The molecule has 1 saturated heterocycles. The molecule has 2 aromatic rings. The number of benzene rings is 2. The average Bonchev–Trinajstić information content (AvgIpc) is 3.37. The van der Waals surface area contributed by atoms with Crippen LogP contribution in [0.3, 0.4) is 0 Å². The molecule has 5 amide bonds. The quantitative estimate of drug-likeness (QED) is 0.548. The summed E-state index contributed by atoms with van der Waals surface area (Å²) in [6, 6.07) is 15.6. The van der Waals surface area contributed by atoms with Crippen LogP contribution in [0.25, 0.3) is 0 Å². The van der Waals surface area contributed by atoms with Crippen molar-refractivity contribution in [2.24, 2.45) is 0 Å². The van der Waals surface area contributed by atoms with Crippen LogP contribution >= 0.6 is 0 Å². The third-order valence-corrected chi connectivity index (χ3v) is 5.46. The summed E-state index contributed by atoms with van der Waals surface area (Å²) in [4.78, 5) is 51.1. The lowest BCUT2D eigenvalue weighted by Gasteiger charge is -2.20. The Morgan fingerprint density at radius 2 is 1.61 bits per heavy atom. The average molecular weight is 421 g/mol. The summed E-state index contributed by atoms with van der Waals surface area (Å²) < 4.78 is 5.71. The standard InChI is InChI=1S/C23H23N3O5/c27-20(14-25-21(28)22(29)26(23(25)30)18-8-4-5-9-18)24-17-10-12-19(13-11-17)31-15-16-6-2-1-3-7-16/h1-3,6-7,10-13,18H,4-5,8-9,14-15H2,(H,24,27). The molecule has 0 radical (unpaired) electrons. The highest BCUT2D eigenvalue weighted by Gasteiger charge is 2.48. The van der Waals surface area contributed by atoms with Crippen molar-refractivity contribution >= 4 is 29.4 Å². The third-order valence-electron chi connectivity index (χ3n) is 5.46. The normalized spacial score (nSPS) is 16.8. The number of amides is 5. The van der Waals surface area contributed by atoms with Gasteiger partial charge in [-0.2, -0.15) is 0 Å². The Morgan fingerprint density at radius 3 is 2.29 bits per heavy atom. The van der Waals surface area contributed by atoms with Crippen molar-refractivity contribution in [1.29, 1.82) is 0 Å². The van der Waals surface area contributed by atoms with Gasteiger partial charge in [-0.05, 0) is 42.7 Å². The summed E-state index contributed by atoms with van der Waals surface area (Å²) in [7, 11) is 0. The first-order valence-corrected chi connectivity index (χ1v) is 10.3. The minimum atomic E-state index is -0.947. The SMILES string of the molecule is O=C(CN1C(=O)C(=O)N(C2CCCC2)C1=O)Nc1ccc(OCc2ccccc2)cc1. The van der Waals surface area contributed by atoms with E-state index >= 15 is 0 Å². The van der Waals surface area contributed by atoms with Gasteiger partial charge in [0.05, 0.1) is 0 Å². The monoisotopic (exact) mass is 421 g/mol. The fraction of sp³-hybridized carbons (Fsp3) is 0.304. The summed E-state index contributed by atoms with van der Waals surface area (Å²) in [6.07, 6.45) is 3.23. The predicted molar refractivity (Wildman–Crippen MR) is 112 cm³/mol. The van der Waals surface area contributed by atoms with E-state index in [-0.39, 0.29) is 6.04 Å². The smallest absolute Gasteiger partial charge is 0.334 e. The molecule has 0 unspecified atom stereocenters. The van der Waals surface area contributed by atoms with Gasteiger partial charge in [0.2, 0.25) is 5.91 Å². The van der Waals surface area contributed by atoms with Gasteiger partial charge in [-0.1, -0.05) is 43.2 Å². The van der Waals surface area contributed by atoms with Crippen molar-refractivity contribution in [3.63, 3.8) is 0 Å². The molecule has 0 atom stereocenters. The molecular formula is C23H23N3O5. The maximum atomic E-state index is 12.5. The highest BCUT2D eigenvalue weighted by atomic mass is 16.5. The first-order valence-electron chi connectivity index (χ1n) is 10.3. The molecule has 160 valence electrons. The van der Waals surface area contributed by atoms with E-state index in [9.17, 15) is 19.2 Å². The molecule has 1 heterocycles. The largest absolute Gasteiger partial charge is 0.489 e. The lowest BCUT2D eigenvalue weighted by Crippen LogP contribution is -2.41. The number of anilines is 1. The van der Waals surface area contributed by atoms with Crippen LogP contribution in [0.1, 0.15) is 31.2 Å². The molecule has 8 nitrogen and oxygen atoms in total. The molecule has 1 aliphatic carbocycles. The molecule has 31 heavy (non-hydrogen) atoms. The van der Waals surface area contributed by atoms with E-state index in [1.165, 1.54) is 0 Å². The van der Waals surface area contributed by atoms with Gasteiger partial charge in [0.25, 0.3) is 0 Å². The zero-order valence-electron chi connectivity index (χ0n) is 17.0. The third kappa shape index (κ3) is 4.58. The molecular weight excluding hydrogens is 398 g/mol. The van der Waals surface area contributed by atoms with Crippen molar-refractivity contribution < 1.29 is 23.9 Å². The van der Waals surface area contributed by atoms with Gasteiger partial charge < -0.3 is 10.1 Å². The van der Waals surface area contributed by atoms with Gasteiger partial charge in [-0.25, -0.2) is 9.69 Å². The Labute approximate surface area is 179 Å². The number of imide groups is 2. The first kappa shape index (κ1) is 20.6.